The Bertz CT molecular complexity index is 918. The molecule has 0 bridgehead atoms. The first-order chi connectivity index (χ1) is 14.1. The lowest BCUT2D eigenvalue weighted by Gasteiger charge is -2.32. The number of hydrogen-bond acceptors (Lipinski definition) is 3. The summed E-state index contributed by atoms with van der Waals surface area (Å²) >= 11 is 6.16. The van der Waals surface area contributed by atoms with Crippen LogP contribution in [0.2, 0.25) is 5.02 Å². The number of rotatable bonds is 4. The summed E-state index contributed by atoms with van der Waals surface area (Å²) in [5.74, 6) is 0.697. The van der Waals surface area contributed by atoms with E-state index >= 15 is 0 Å². The predicted octanol–water partition coefficient (Wildman–Crippen LogP) is 3.99. The number of aromatic nitrogens is 2. The van der Waals surface area contributed by atoms with Crippen LogP contribution in [0.1, 0.15) is 58.9 Å². The van der Waals surface area contributed by atoms with Crippen molar-refractivity contribution in [2.24, 2.45) is 5.92 Å². The van der Waals surface area contributed by atoms with E-state index in [1.165, 1.54) is 18.9 Å². The first kappa shape index (κ1) is 19.1. The zero-order valence-electron chi connectivity index (χ0n) is 16.5. The lowest BCUT2D eigenvalue weighted by Crippen LogP contribution is -2.39. The van der Waals surface area contributed by atoms with Gasteiger partial charge in [0, 0.05) is 38.3 Å². The molecule has 1 aliphatic carbocycles. The number of aromatic amines is 1. The minimum Gasteiger partial charge on any atom is -0.337 e. The molecule has 1 N–H and O–H groups in total. The van der Waals surface area contributed by atoms with Gasteiger partial charge in [-0.25, -0.2) is 4.39 Å². The van der Waals surface area contributed by atoms with Crippen LogP contribution in [0.15, 0.2) is 18.2 Å². The Labute approximate surface area is 175 Å². The number of halogens is 2. The number of benzene rings is 1. The van der Waals surface area contributed by atoms with Crippen molar-refractivity contribution in [1.82, 2.24) is 20.0 Å². The lowest BCUT2D eigenvalue weighted by molar-refractivity contribution is 0.0705. The molecule has 1 saturated heterocycles. The number of carbonyl (C=O) groups excluding carboxylic acids is 1. The number of hydrogen-bond donors (Lipinski definition) is 1. The van der Waals surface area contributed by atoms with Gasteiger partial charge in [-0.1, -0.05) is 23.7 Å². The van der Waals surface area contributed by atoms with Crippen LogP contribution in [0.25, 0.3) is 0 Å². The first-order valence-corrected chi connectivity index (χ1v) is 11.0. The van der Waals surface area contributed by atoms with Gasteiger partial charge < -0.3 is 4.90 Å². The smallest absolute Gasteiger partial charge is 0.274 e. The fourth-order valence-electron chi connectivity index (χ4n) is 4.75. The van der Waals surface area contributed by atoms with E-state index in [4.69, 9.17) is 11.6 Å². The minimum absolute atomic E-state index is 0.0157. The van der Waals surface area contributed by atoms with Crippen molar-refractivity contribution in [3.8, 4) is 0 Å². The van der Waals surface area contributed by atoms with E-state index in [9.17, 15) is 9.18 Å². The molecule has 1 aromatic carbocycles. The van der Waals surface area contributed by atoms with Gasteiger partial charge in [0.15, 0.2) is 5.69 Å². The molecule has 1 aromatic heterocycles. The van der Waals surface area contributed by atoms with Crippen molar-refractivity contribution in [1.29, 1.82) is 0 Å². The van der Waals surface area contributed by atoms with Crippen molar-refractivity contribution in [3.63, 3.8) is 0 Å². The number of carbonyl (C=O) groups is 1. The van der Waals surface area contributed by atoms with Gasteiger partial charge in [-0.2, -0.15) is 5.10 Å². The third-order valence-corrected chi connectivity index (χ3v) is 7.03. The van der Waals surface area contributed by atoms with E-state index in [0.717, 1.165) is 61.6 Å². The number of H-pyrrole nitrogens is 1. The van der Waals surface area contributed by atoms with Gasteiger partial charge >= 0.3 is 0 Å². The van der Waals surface area contributed by atoms with Crippen molar-refractivity contribution >= 4 is 17.5 Å². The van der Waals surface area contributed by atoms with Gasteiger partial charge in [-0.3, -0.25) is 14.8 Å². The molecule has 0 spiro atoms. The topological polar surface area (TPSA) is 52.2 Å². The number of piperidine rings is 1. The molecule has 1 saturated carbocycles. The molecule has 3 heterocycles. The highest BCUT2D eigenvalue weighted by molar-refractivity contribution is 6.31. The molecule has 154 valence electrons. The molecule has 7 heteroatoms. The quantitative estimate of drug-likeness (QED) is 0.819. The molecule has 5 nitrogen and oxygen atoms in total. The maximum Gasteiger partial charge on any atom is 0.274 e. The molecular weight excluding hydrogens is 391 g/mol. The van der Waals surface area contributed by atoms with Gasteiger partial charge in [-0.05, 0) is 55.6 Å². The number of amides is 1. The van der Waals surface area contributed by atoms with E-state index in [0.29, 0.717) is 18.8 Å². The Morgan fingerprint density at radius 1 is 1.21 bits per heavy atom. The van der Waals surface area contributed by atoms with Gasteiger partial charge in [-0.15, -0.1) is 0 Å². The average molecular weight is 417 g/mol. The number of fused-ring (bicyclic) bond motifs is 1. The van der Waals surface area contributed by atoms with Gasteiger partial charge in [0.2, 0.25) is 0 Å². The summed E-state index contributed by atoms with van der Waals surface area (Å²) in [4.78, 5) is 17.5. The van der Waals surface area contributed by atoms with Crippen LogP contribution in [0.5, 0.6) is 0 Å². The second kappa shape index (κ2) is 7.73. The van der Waals surface area contributed by atoms with E-state index < -0.39 is 0 Å². The molecule has 2 fully saturated rings. The fourth-order valence-corrected chi connectivity index (χ4v) is 5.03. The molecule has 1 amide bonds. The van der Waals surface area contributed by atoms with Crippen LogP contribution in [0.3, 0.4) is 0 Å². The fraction of sp³-hybridized carbons (Fsp3) is 0.545. The van der Waals surface area contributed by atoms with Crippen LogP contribution >= 0.6 is 11.6 Å². The number of nitrogens with zero attached hydrogens (tertiary/aromatic N) is 3. The van der Waals surface area contributed by atoms with E-state index in [2.05, 4.69) is 15.1 Å². The zero-order valence-corrected chi connectivity index (χ0v) is 17.2. The van der Waals surface area contributed by atoms with Crippen molar-refractivity contribution in [2.75, 3.05) is 26.2 Å². The molecule has 3 aliphatic rings. The molecule has 29 heavy (non-hydrogen) atoms. The van der Waals surface area contributed by atoms with Crippen LogP contribution in [-0.4, -0.2) is 52.1 Å². The SMILES string of the molecule is O=C(c1n[nH]c2c1CCN(CC1CC1)C2)N1CCC(c2cccc(F)c2Cl)CC1. The Hall–Kier alpha value is -1.92. The van der Waals surface area contributed by atoms with Gasteiger partial charge in [0.1, 0.15) is 5.82 Å². The van der Waals surface area contributed by atoms with E-state index in [1.807, 2.05) is 11.0 Å². The van der Waals surface area contributed by atoms with Crippen LogP contribution in [0.4, 0.5) is 4.39 Å². The highest BCUT2D eigenvalue weighted by Gasteiger charge is 2.32. The number of likely N-dealkylation sites (tertiary alicyclic amines) is 1. The summed E-state index contributed by atoms with van der Waals surface area (Å²) in [6.45, 7) is 4.32. The normalized spacial score (nSPS) is 20.7. The average Bonchev–Trinajstić information content (AvgIpc) is 3.45. The molecule has 5 rings (SSSR count). The molecule has 0 atom stereocenters. The highest BCUT2D eigenvalue weighted by Crippen LogP contribution is 2.35. The van der Waals surface area contributed by atoms with Gasteiger partial charge in [0.25, 0.3) is 5.91 Å². The summed E-state index contributed by atoms with van der Waals surface area (Å²) in [7, 11) is 0. The Balaban J connectivity index is 1.23. The molecule has 0 unspecified atom stereocenters. The van der Waals surface area contributed by atoms with Gasteiger partial charge in [0.05, 0.1) is 10.7 Å². The summed E-state index contributed by atoms with van der Waals surface area (Å²) in [5.41, 5.74) is 3.64. The van der Waals surface area contributed by atoms with Crippen LogP contribution in [0, 0.1) is 11.7 Å². The Kier molecular flexibility index (Phi) is 5.08. The largest absolute Gasteiger partial charge is 0.337 e. The maximum absolute atomic E-state index is 13.8. The summed E-state index contributed by atoms with van der Waals surface area (Å²) < 4.78 is 13.8. The van der Waals surface area contributed by atoms with Crippen LogP contribution < -0.4 is 0 Å². The monoisotopic (exact) mass is 416 g/mol. The van der Waals surface area contributed by atoms with E-state index in [1.54, 1.807) is 6.07 Å². The zero-order chi connectivity index (χ0) is 20.0. The third-order valence-electron chi connectivity index (χ3n) is 6.63. The second-order valence-corrected chi connectivity index (χ2v) is 9.05. The van der Waals surface area contributed by atoms with Crippen LogP contribution in [-0.2, 0) is 13.0 Å². The molecule has 2 aliphatic heterocycles. The standard InChI is InChI=1S/C22H26ClFN4O/c23-20-16(2-1-3-18(20)24)15-6-10-28(11-7-15)22(29)21-17-8-9-27(12-14-4-5-14)13-19(17)25-26-21/h1-3,14-15H,4-13H2,(H,25,26). The predicted molar refractivity (Wildman–Crippen MR) is 110 cm³/mol. The minimum atomic E-state index is -0.374. The Morgan fingerprint density at radius 3 is 2.76 bits per heavy atom. The van der Waals surface area contributed by atoms with E-state index in [-0.39, 0.29) is 22.7 Å². The highest BCUT2D eigenvalue weighted by atomic mass is 35.5. The lowest BCUT2D eigenvalue weighted by atomic mass is 9.89. The van der Waals surface area contributed by atoms with Crippen molar-refractivity contribution in [3.05, 3.63) is 51.6 Å². The first-order valence-electron chi connectivity index (χ1n) is 10.6. The van der Waals surface area contributed by atoms with Crippen molar-refractivity contribution in [2.45, 2.75) is 44.6 Å². The summed E-state index contributed by atoms with van der Waals surface area (Å²) in [6, 6.07) is 4.98. The maximum atomic E-state index is 13.8. The molecular formula is C22H26ClFN4O. The molecule has 2 aromatic rings. The second-order valence-electron chi connectivity index (χ2n) is 8.67. The third kappa shape index (κ3) is 3.80. The Morgan fingerprint density at radius 2 is 2.00 bits per heavy atom. The summed E-state index contributed by atoms with van der Waals surface area (Å²) in [6.07, 6.45) is 5.17. The van der Waals surface area contributed by atoms with Crippen molar-refractivity contribution < 1.29 is 9.18 Å². The summed E-state index contributed by atoms with van der Waals surface area (Å²) in [5, 5.41) is 7.73. The number of nitrogens with one attached hydrogen (secondary N) is 1. The molecule has 0 radical (unpaired) electrons.